The fourth-order valence-corrected chi connectivity index (χ4v) is 2.15. The molecule has 1 aromatic carbocycles. The van der Waals surface area contributed by atoms with E-state index in [0.717, 1.165) is 0 Å². The normalized spacial score (nSPS) is 17.5. The number of carbonyl (C=O) groups excluding carboxylic acids is 2. The molecule has 1 atom stereocenters. The zero-order chi connectivity index (χ0) is 14.5. The highest BCUT2D eigenvalue weighted by atomic mass is 16.4. The van der Waals surface area contributed by atoms with Crippen LogP contribution in [0, 0.1) is 0 Å². The molecule has 7 heteroatoms. The molecule has 1 aromatic rings. The zero-order valence-electron chi connectivity index (χ0n) is 10.8. The van der Waals surface area contributed by atoms with Crippen LogP contribution in [0.2, 0.25) is 0 Å². The number of rotatable bonds is 3. The van der Waals surface area contributed by atoms with Crippen molar-refractivity contribution in [3.63, 3.8) is 0 Å². The molecular weight excluding hydrogens is 260 g/mol. The predicted molar refractivity (Wildman–Crippen MR) is 72.2 cm³/mol. The molecule has 1 heterocycles. The van der Waals surface area contributed by atoms with Crippen LogP contribution in [0.3, 0.4) is 0 Å². The van der Waals surface area contributed by atoms with Gasteiger partial charge in [0.15, 0.2) is 5.84 Å². The molecule has 20 heavy (non-hydrogen) atoms. The molecule has 0 spiro atoms. The van der Waals surface area contributed by atoms with Crippen LogP contribution in [0.4, 0.5) is 0 Å². The van der Waals surface area contributed by atoms with Crippen LogP contribution in [-0.2, 0) is 9.59 Å². The molecule has 0 aliphatic carbocycles. The van der Waals surface area contributed by atoms with Crippen LogP contribution < -0.4 is 11.1 Å². The second-order valence-electron chi connectivity index (χ2n) is 4.48. The van der Waals surface area contributed by atoms with E-state index in [1.54, 1.807) is 24.3 Å². The Hall–Kier alpha value is -2.57. The smallest absolute Gasteiger partial charge is 0.239 e. The number of carbonyl (C=O) groups is 2. The summed E-state index contributed by atoms with van der Waals surface area (Å²) in [7, 11) is 0. The van der Waals surface area contributed by atoms with Gasteiger partial charge in [-0.2, -0.15) is 0 Å². The summed E-state index contributed by atoms with van der Waals surface area (Å²) in [5.74, 6) is -1.63. The third kappa shape index (κ3) is 2.87. The van der Waals surface area contributed by atoms with Crippen molar-refractivity contribution < 1.29 is 14.8 Å². The summed E-state index contributed by atoms with van der Waals surface area (Å²) < 4.78 is 0. The van der Waals surface area contributed by atoms with Crippen LogP contribution in [0.25, 0.3) is 0 Å². The Labute approximate surface area is 116 Å². The van der Waals surface area contributed by atoms with Gasteiger partial charge >= 0.3 is 0 Å². The Bertz CT molecular complexity index is 530. The largest absolute Gasteiger partial charge is 0.409 e. The Morgan fingerprint density at radius 1 is 1.40 bits per heavy atom. The summed E-state index contributed by atoms with van der Waals surface area (Å²) >= 11 is 0. The summed E-state index contributed by atoms with van der Waals surface area (Å²) in [5, 5.41) is 14.5. The molecule has 2 amide bonds. The third-order valence-electron chi connectivity index (χ3n) is 3.14. The molecule has 1 aliphatic heterocycles. The van der Waals surface area contributed by atoms with E-state index >= 15 is 0 Å². The predicted octanol–water partition coefficient (Wildman–Crippen LogP) is -0.525. The van der Waals surface area contributed by atoms with E-state index in [-0.39, 0.29) is 24.2 Å². The number of amidine groups is 1. The van der Waals surface area contributed by atoms with Gasteiger partial charge in [0.05, 0.1) is 6.54 Å². The topological polar surface area (TPSA) is 108 Å². The first-order valence-corrected chi connectivity index (χ1v) is 6.21. The number of piperazine rings is 1. The minimum atomic E-state index is -0.882. The van der Waals surface area contributed by atoms with E-state index in [9.17, 15) is 9.59 Å². The lowest BCUT2D eigenvalue weighted by atomic mass is 9.96. The Balaban J connectivity index is 2.27. The van der Waals surface area contributed by atoms with Gasteiger partial charge in [-0.15, -0.1) is 0 Å². The second kappa shape index (κ2) is 6.05. The molecule has 4 N–H and O–H groups in total. The number of hydrogen-bond acceptors (Lipinski definition) is 4. The van der Waals surface area contributed by atoms with Gasteiger partial charge in [0.2, 0.25) is 11.8 Å². The lowest BCUT2D eigenvalue weighted by Gasteiger charge is -2.29. The summed E-state index contributed by atoms with van der Waals surface area (Å²) in [6, 6.07) is 8.80. The summed E-state index contributed by atoms with van der Waals surface area (Å²) in [4.78, 5) is 25.3. The number of oxime groups is 1. The zero-order valence-corrected chi connectivity index (χ0v) is 10.8. The molecule has 1 saturated heterocycles. The van der Waals surface area contributed by atoms with Crippen LogP contribution >= 0.6 is 0 Å². The van der Waals surface area contributed by atoms with Gasteiger partial charge in [0.1, 0.15) is 5.92 Å². The Morgan fingerprint density at radius 2 is 2.10 bits per heavy atom. The van der Waals surface area contributed by atoms with Crippen LogP contribution in [-0.4, -0.2) is 47.4 Å². The molecule has 1 fully saturated rings. The molecule has 0 aromatic heterocycles. The van der Waals surface area contributed by atoms with E-state index in [2.05, 4.69) is 10.5 Å². The molecular formula is C13H16N4O3. The molecule has 1 unspecified atom stereocenters. The van der Waals surface area contributed by atoms with Gasteiger partial charge in [-0.1, -0.05) is 35.5 Å². The van der Waals surface area contributed by atoms with Crippen LogP contribution in [0.15, 0.2) is 35.5 Å². The van der Waals surface area contributed by atoms with E-state index in [0.29, 0.717) is 18.7 Å². The number of benzene rings is 1. The molecule has 2 rings (SSSR count). The maximum Gasteiger partial charge on any atom is 0.239 e. The maximum atomic E-state index is 12.5. The van der Waals surface area contributed by atoms with Crippen LogP contribution in [0.1, 0.15) is 11.5 Å². The van der Waals surface area contributed by atoms with Gasteiger partial charge in [0, 0.05) is 13.1 Å². The van der Waals surface area contributed by atoms with Crippen molar-refractivity contribution in [2.75, 3.05) is 19.6 Å². The summed E-state index contributed by atoms with van der Waals surface area (Å²) in [5.41, 5.74) is 6.27. The van der Waals surface area contributed by atoms with E-state index < -0.39 is 5.92 Å². The first-order valence-electron chi connectivity index (χ1n) is 6.21. The van der Waals surface area contributed by atoms with E-state index in [1.165, 1.54) is 4.90 Å². The summed E-state index contributed by atoms with van der Waals surface area (Å²) in [6.07, 6.45) is 0. The monoisotopic (exact) mass is 276 g/mol. The van der Waals surface area contributed by atoms with Crippen molar-refractivity contribution in [1.82, 2.24) is 10.2 Å². The van der Waals surface area contributed by atoms with Crippen molar-refractivity contribution in [3.8, 4) is 0 Å². The maximum absolute atomic E-state index is 12.5. The van der Waals surface area contributed by atoms with Gasteiger partial charge in [0.25, 0.3) is 0 Å². The van der Waals surface area contributed by atoms with Crippen molar-refractivity contribution in [3.05, 3.63) is 35.9 Å². The van der Waals surface area contributed by atoms with Crippen molar-refractivity contribution >= 4 is 17.6 Å². The van der Waals surface area contributed by atoms with Crippen molar-refractivity contribution in [2.24, 2.45) is 10.9 Å². The molecule has 0 radical (unpaired) electrons. The quantitative estimate of drug-likeness (QED) is 0.298. The average Bonchev–Trinajstić information content (AvgIpc) is 2.48. The Morgan fingerprint density at radius 3 is 2.70 bits per heavy atom. The number of nitrogens with one attached hydrogen (secondary N) is 1. The van der Waals surface area contributed by atoms with Crippen LogP contribution in [0.5, 0.6) is 0 Å². The Kier molecular flexibility index (Phi) is 4.19. The van der Waals surface area contributed by atoms with Gasteiger partial charge in [-0.3, -0.25) is 9.59 Å². The first-order chi connectivity index (χ1) is 9.63. The minimum Gasteiger partial charge on any atom is -0.409 e. The third-order valence-corrected chi connectivity index (χ3v) is 3.14. The highest BCUT2D eigenvalue weighted by Crippen LogP contribution is 2.19. The van der Waals surface area contributed by atoms with E-state index in [4.69, 9.17) is 10.9 Å². The van der Waals surface area contributed by atoms with Gasteiger partial charge < -0.3 is 21.2 Å². The van der Waals surface area contributed by atoms with Gasteiger partial charge in [-0.05, 0) is 5.56 Å². The van der Waals surface area contributed by atoms with Crippen molar-refractivity contribution in [2.45, 2.75) is 5.92 Å². The standard InChI is InChI=1S/C13H16N4O3/c14-12(16-20)11(9-4-2-1-3-5-9)13(19)17-7-6-15-10(18)8-17/h1-5,11,20H,6-8H2,(H2,14,16)(H,15,18). The first kappa shape index (κ1) is 13.9. The highest BCUT2D eigenvalue weighted by Gasteiger charge is 2.31. The molecule has 1 aliphatic rings. The lowest BCUT2D eigenvalue weighted by Crippen LogP contribution is -2.52. The number of nitrogens with zero attached hydrogens (tertiary/aromatic N) is 2. The fraction of sp³-hybridized carbons (Fsp3) is 0.308. The molecule has 0 bridgehead atoms. The van der Waals surface area contributed by atoms with Gasteiger partial charge in [-0.25, -0.2) is 0 Å². The molecule has 106 valence electrons. The highest BCUT2D eigenvalue weighted by molar-refractivity contribution is 6.08. The summed E-state index contributed by atoms with van der Waals surface area (Å²) in [6.45, 7) is 0.801. The number of nitrogens with two attached hydrogens (primary N) is 1. The fourth-order valence-electron chi connectivity index (χ4n) is 2.15. The van der Waals surface area contributed by atoms with E-state index in [1.807, 2.05) is 6.07 Å². The number of amides is 2. The van der Waals surface area contributed by atoms with Crippen molar-refractivity contribution in [1.29, 1.82) is 0 Å². The number of hydrogen-bond donors (Lipinski definition) is 3. The molecule has 7 nitrogen and oxygen atoms in total. The molecule has 0 saturated carbocycles. The average molecular weight is 276 g/mol. The lowest BCUT2D eigenvalue weighted by molar-refractivity contribution is -0.138. The minimum absolute atomic E-state index is 0.0130. The SMILES string of the molecule is NC(=NO)C(C(=O)N1CCNC(=O)C1)c1ccccc1. The second-order valence-corrected chi connectivity index (χ2v) is 4.48.